The lowest BCUT2D eigenvalue weighted by Crippen LogP contribution is -2.66. The summed E-state index contributed by atoms with van der Waals surface area (Å²) >= 11 is 5.25. The molecular weight excluding hydrogens is 488 g/mol. The van der Waals surface area contributed by atoms with Gasteiger partial charge in [-0.25, -0.2) is 4.79 Å². The van der Waals surface area contributed by atoms with Gasteiger partial charge in [-0.05, 0) is 15.4 Å². The van der Waals surface area contributed by atoms with Gasteiger partial charge in [0.05, 0.1) is 46.2 Å². The minimum absolute atomic E-state index is 0.0612. The highest BCUT2D eigenvalue weighted by Crippen LogP contribution is 2.36. The maximum Gasteiger partial charge on any atom is 0.509 e. The second kappa shape index (κ2) is 15.9. The first-order valence-corrected chi connectivity index (χ1v) is 14.2. The lowest BCUT2D eigenvalue weighted by molar-refractivity contribution is -0.00419. The Hall–Kier alpha value is -1.94. The Morgan fingerprint density at radius 1 is 0.686 bits per heavy atom. The summed E-state index contributed by atoms with van der Waals surface area (Å²) in [6.45, 7) is 9.87. The molecule has 0 bridgehead atoms. The largest absolute Gasteiger partial charge is 0.509 e. The van der Waals surface area contributed by atoms with Crippen LogP contribution >= 0.6 is 11.6 Å². The highest BCUT2D eigenvalue weighted by Gasteiger charge is 2.49. The molecule has 0 aliphatic heterocycles. The number of benzene rings is 2. The van der Waals surface area contributed by atoms with Crippen LogP contribution in [0.1, 0.15) is 20.8 Å². The Labute approximate surface area is 214 Å². The number of ether oxygens (including phenoxy) is 5. The highest BCUT2D eigenvalue weighted by atomic mass is 35.5. The van der Waals surface area contributed by atoms with Gasteiger partial charge in [0, 0.05) is 0 Å². The average molecular weight is 525 g/mol. The normalized spacial score (nSPS) is 11.9. The lowest BCUT2D eigenvalue weighted by atomic mass is 10.2. The highest BCUT2D eigenvalue weighted by molar-refractivity contribution is 6.99. The summed E-state index contributed by atoms with van der Waals surface area (Å²) in [6.07, 6.45) is -0.809. The van der Waals surface area contributed by atoms with E-state index in [4.69, 9.17) is 35.0 Å². The van der Waals surface area contributed by atoms with Crippen LogP contribution in [-0.2, 0) is 28.1 Å². The minimum atomic E-state index is -2.53. The van der Waals surface area contributed by atoms with Crippen molar-refractivity contribution in [3.05, 3.63) is 60.7 Å². The molecule has 0 fully saturated rings. The fraction of sp³-hybridized carbons (Fsp3) is 0.500. The third kappa shape index (κ3) is 9.55. The Morgan fingerprint density at radius 2 is 1.11 bits per heavy atom. The van der Waals surface area contributed by atoms with Crippen molar-refractivity contribution in [2.75, 3.05) is 58.9 Å². The first-order chi connectivity index (χ1) is 16.9. The van der Waals surface area contributed by atoms with Crippen LogP contribution in [0.5, 0.6) is 0 Å². The minimum Gasteiger partial charge on any atom is -0.432 e. The van der Waals surface area contributed by atoms with Crippen LogP contribution in [-0.4, -0.2) is 73.4 Å². The molecule has 2 aromatic carbocycles. The van der Waals surface area contributed by atoms with Crippen molar-refractivity contribution in [2.45, 2.75) is 25.8 Å². The van der Waals surface area contributed by atoms with E-state index in [9.17, 15) is 4.79 Å². The maximum absolute atomic E-state index is 10.9. The zero-order valence-electron chi connectivity index (χ0n) is 20.9. The number of alkyl halides is 1. The summed E-state index contributed by atoms with van der Waals surface area (Å²) < 4.78 is 32.5. The van der Waals surface area contributed by atoms with Gasteiger partial charge in [-0.2, -0.15) is 0 Å². The molecule has 0 aliphatic rings. The topological polar surface area (TPSA) is 72.5 Å². The Kier molecular flexibility index (Phi) is 13.3. The quantitative estimate of drug-likeness (QED) is 0.142. The third-order valence-electron chi connectivity index (χ3n) is 5.33. The smallest absolute Gasteiger partial charge is 0.432 e. The molecule has 0 unspecified atom stereocenters. The molecule has 194 valence electrons. The van der Waals surface area contributed by atoms with E-state index < -0.39 is 14.5 Å². The fourth-order valence-electron chi connectivity index (χ4n) is 3.83. The van der Waals surface area contributed by atoms with Crippen molar-refractivity contribution in [1.29, 1.82) is 0 Å². The molecule has 0 atom stereocenters. The zero-order chi connectivity index (χ0) is 25.4. The monoisotopic (exact) mass is 524 g/mol. The van der Waals surface area contributed by atoms with E-state index in [-0.39, 0.29) is 24.3 Å². The molecule has 0 aliphatic carbocycles. The predicted molar refractivity (Wildman–Crippen MR) is 139 cm³/mol. The molecule has 0 aromatic heterocycles. The van der Waals surface area contributed by atoms with Crippen molar-refractivity contribution >= 4 is 36.4 Å². The molecule has 9 heteroatoms. The van der Waals surface area contributed by atoms with Gasteiger partial charge in [0.25, 0.3) is 8.32 Å². The van der Waals surface area contributed by atoms with E-state index in [0.29, 0.717) is 39.6 Å². The van der Waals surface area contributed by atoms with E-state index in [1.807, 2.05) is 12.1 Å². The van der Waals surface area contributed by atoms with Gasteiger partial charge in [-0.3, -0.25) is 0 Å². The van der Waals surface area contributed by atoms with Gasteiger partial charge in [-0.15, -0.1) is 0 Å². The van der Waals surface area contributed by atoms with Gasteiger partial charge in [0.2, 0.25) is 0 Å². The molecule has 0 spiro atoms. The second-order valence-corrected chi connectivity index (χ2v) is 13.2. The number of carbonyl (C=O) groups excluding carboxylic acids is 1. The summed E-state index contributed by atoms with van der Waals surface area (Å²) in [4.78, 5) is 10.9. The maximum atomic E-state index is 10.9. The first kappa shape index (κ1) is 29.3. The van der Waals surface area contributed by atoms with Crippen LogP contribution in [0.3, 0.4) is 0 Å². The number of hydrogen-bond donors (Lipinski definition) is 0. The predicted octanol–water partition coefficient (Wildman–Crippen LogP) is 3.96. The summed E-state index contributed by atoms with van der Waals surface area (Å²) in [7, 11) is -2.53. The number of hydrogen-bond acceptors (Lipinski definition) is 7. The van der Waals surface area contributed by atoms with Crippen molar-refractivity contribution in [3.63, 3.8) is 0 Å². The number of rotatable bonds is 16. The van der Waals surface area contributed by atoms with Crippen molar-refractivity contribution in [3.8, 4) is 0 Å². The van der Waals surface area contributed by atoms with Gasteiger partial charge < -0.3 is 28.1 Å². The Morgan fingerprint density at radius 3 is 1.54 bits per heavy atom. The molecule has 7 nitrogen and oxygen atoms in total. The molecule has 2 rings (SSSR count). The molecule has 0 radical (unpaired) electrons. The van der Waals surface area contributed by atoms with Crippen LogP contribution in [0.2, 0.25) is 5.04 Å². The molecule has 0 saturated heterocycles. The summed E-state index contributed by atoms with van der Waals surface area (Å²) in [5, 5.41) is 2.45. The van der Waals surface area contributed by atoms with Crippen LogP contribution in [0.4, 0.5) is 4.79 Å². The van der Waals surface area contributed by atoms with Gasteiger partial charge in [0.1, 0.15) is 6.61 Å². The fourth-order valence-corrected chi connectivity index (χ4v) is 8.46. The van der Waals surface area contributed by atoms with Crippen LogP contribution in [0.15, 0.2) is 60.7 Å². The third-order valence-corrected chi connectivity index (χ3v) is 10.5. The van der Waals surface area contributed by atoms with E-state index in [2.05, 4.69) is 74.0 Å². The van der Waals surface area contributed by atoms with Crippen LogP contribution in [0, 0.1) is 0 Å². The Balaban J connectivity index is 1.72. The van der Waals surface area contributed by atoms with Crippen molar-refractivity contribution < 1.29 is 32.9 Å². The van der Waals surface area contributed by atoms with Crippen LogP contribution < -0.4 is 10.4 Å². The molecule has 0 N–H and O–H groups in total. The van der Waals surface area contributed by atoms with E-state index >= 15 is 0 Å². The number of carbonyl (C=O) groups is 1. The first-order valence-electron chi connectivity index (χ1n) is 11.8. The SMILES string of the molecule is CC(C)(C)[Si](OCCOCCOCCOCCOC(=O)OCCl)(c1ccccc1)c1ccccc1. The Bertz CT molecular complexity index is 791. The van der Waals surface area contributed by atoms with Crippen molar-refractivity contribution in [2.24, 2.45) is 0 Å². The van der Waals surface area contributed by atoms with E-state index in [1.54, 1.807) is 0 Å². The molecule has 35 heavy (non-hydrogen) atoms. The molecular formula is C26H37ClO7Si. The molecule has 0 heterocycles. The van der Waals surface area contributed by atoms with Crippen molar-refractivity contribution in [1.82, 2.24) is 0 Å². The van der Waals surface area contributed by atoms with Gasteiger partial charge in [-0.1, -0.05) is 93.0 Å². The lowest BCUT2D eigenvalue weighted by Gasteiger charge is -2.43. The van der Waals surface area contributed by atoms with E-state index in [0.717, 1.165) is 0 Å². The van der Waals surface area contributed by atoms with E-state index in [1.165, 1.54) is 10.4 Å². The van der Waals surface area contributed by atoms with Gasteiger partial charge in [0.15, 0.2) is 6.07 Å². The summed E-state index contributed by atoms with van der Waals surface area (Å²) in [6, 6.07) is 20.9. The summed E-state index contributed by atoms with van der Waals surface area (Å²) in [5.74, 6) is 0. The second-order valence-electron chi connectivity index (χ2n) is 8.70. The van der Waals surface area contributed by atoms with Crippen LogP contribution in [0.25, 0.3) is 0 Å². The zero-order valence-corrected chi connectivity index (χ0v) is 22.6. The molecule has 2 aromatic rings. The number of halogens is 1. The summed E-state index contributed by atoms with van der Waals surface area (Å²) in [5.41, 5.74) is 0. The molecule has 0 amide bonds. The van der Waals surface area contributed by atoms with Gasteiger partial charge >= 0.3 is 6.16 Å². The average Bonchev–Trinajstić information content (AvgIpc) is 2.85. The standard InChI is InChI=1S/C26H37ClO7Si/c1-26(2,3)35(23-10-6-4-7-11-23,24-12-8-5-9-13-24)34-21-19-31-17-15-29-14-16-30-18-20-32-25(28)33-22-27/h4-13H,14-22H2,1-3H3. The molecule has 0 saturated carbocycles.